The van der Waals surface area contributed by atoms with Gasteiger partial charge in [0.05, 0.1) is 10.6 Å². The number of benzene rings is 1. The van der Waals surface area contributed by atoms with Gasteiger partial charge in [0.25, 0.3) is 5.91 Å². The fourth-order valence-corrected chi connectivity index (χ4v) is 7.31. The molecule has 0 radical (unpaired) electrons. The molecule has 2 heterocycles. The zero-order chi connectivity index (χ0) is 21.3. The van der Waals surface area contributed by atoms with Crippen molar-refractivity contribution < 1.29 is 13.2 Å². The van der Waals surface area contributed by atoms with Gasteiger partial charge in [-0.2, -0.15) is 4.31 Å². The molecule has 0 spiro atoms. The number of carbonyl (C=O) groups is 1. The van der Waals surface area contributed by atoms with E-state index >= 15 is 0 Å². The van der Waals surface area contributed by atoms with Crippen LogP contribution in [0, 0.1) is 5.92 Å². The third-order valence-electron chi connectivity index (χ3n) is 6.17. The average molecular weight is 448 g/mol. The molecule has 1 aliphatic heterocycles. The van der Waals surface area contributed by atoms with Gasteiger partial charge in [-0.15, -0.1) is 11.3 Å². The number of rotatable bonds is 5. The van der Waals surface area contributed by atoms with Gasteiger partial charge in [0.15, 0.2) is 5.13 Å². The monoisotopic (exact) mass is 447 g/mol. The number of piperidine rings is 1. The molecule has 2 aliphatic rings. The summed E-state index contributed by atoms with van der Waals surface area (Å²) in [6.45, 7) is 4.84. The first-order valence-electron chi connectivity index (χ1n) is 10.8. The van der Waals surface area contributed by atoms with E-state index in [0.29, 0.717) is 23.2 Å². The maximum Gasteiger partial charge on any atom is 0.257 e. The molecule has 1 fully saturated rings. The van der Waals surface area contributed by atoms with Gasteiger partial charge in [-0.3, -0.25) is 10.1 Å². The highest BCUT2D eigenvalue weighted by Crippen LogP contribution is 2.32. The van der Waals surface area contributed by atoms with Gasteiger partial charge in [-0.05, 0) is 68.7 Å². The number of thiazole rings is 1. The van der Waals surface area contributed by atoms with E-state index in [1.54, 1.807) is 39.9 Å². The topological polar surface area (TPSA) is 79.4 Å². The number of nitrogens with zero attached hydrogens (tertiary/aromatic N) is 2. The molecule has 0 bridgehead atoms. The Hall–Kier alpha value is -1.77. The first kappa shape index (κ1) is 21.5. The number of hydrogen-bond acceptors (Lipinski definition) is 5. The summed E-state index contributed by atoms with van der Waals surface area (Å²) in [6, 6.07) is 6.32. The van der Waals surface area contributed by atoms with Crippen molar-refractivity contribution >= 4 is 32.4 Å². The summed E-state index contributed by atoms with van der Waals surface area (Å²) < 4.78 is 27.8. The van der Waals surface area contributed by atoms with E-state index in [1.165, 1.54) is 4.88 Å². The molecule has 30 heavy (non-hydrogen) atoms. The Labute approximate surface area is 182 Å². The second-order valence-corrected chi connectivity index (χ2v) is 11.4. The quantitative estimate of drug-likeness (QED) is 0.733. The number of sulfonamides is 1. The number of nitrogens with one attached hydrogen (secondary N) is 1. The van der Waals surface area contributed by atoms with Crippen molar-refractivity contribution in [1.82, 2.24) is 9.29 Å². The number of hydrogen-bond donors (Lipinski definition) is 1. The molecule has 2 atom stereocenters. The lowest BCUT2D eigenvalue weighted by molar-refractivity contribution is 0.102. The van der Waals surface area contributed by atoms with Gasteiger partial charge in [-0.25, -0.2) is 13.4 Å². The minimum Gasteiger partial charge on any atom is -0.298 e. The van der Waals surface area contributed by atoms with E-state index in [2.05, 4.69) is 17.2 Å². The summed E-state index contributed by atoms with van der Waals surface area (Å²) in [5, 5.41) is 3.50. The van der Waals surface area contributed by atoms with Crippen molar-refractivity contribution in [3.05, 3.63) is 40.4 Å². The van der Waals surface area contributed by atoms with Crippen molar-refractivity contribution in [2.45, 2.75) is 69.7 Å². The first-order valence-corrected chi connectivity index (χ1v) is 13.1. The Morgan fingerprint density at radius 2 is 2.00 bits per heavy atom. The molecule has 6 nitrogen and oxygen atoms in total. The second kappa shape index (κ2) is 8.77. The SMILES string of the molecule is CC[C@@H]1CCCCN1S(=O)(=O)c1ccc(C(=O)Nc2nc3c(s2)C[C@H](C)CC3)cc1. The van der Waals surface area contributed by atoms with E-state index in [9.17, 15) is 13.2 Å². The number of aryl methyl sites for hydroxylation is 1. The molecular weight excluding hydrogens is 418 g/mol. The van der Waals surface area contributed by atoms with E-state index < -0.39 is 10.0 Å². The van der Waals surface area contributed by atoms with Gasteiger partial charge in [0.1, 0.15) is 0 Å². The van der Waals surface area contributed by atoms with Gasteiger partial charge in [-0.1, -0.05) is 20.3 Å². The molecule has 0 unspecified atom stereocenters. The normalized spacial score (nSPS) is 22.5. The van der Waals surface area contributed by atoms with Gasteiger partial charge in [0, 0.05) is 23.0 Å². The molecule has 1 N–H and O–H groups in total. The summed E-state index contributed by atoms with van der Waals surface area (Å²) >= 11 is 1.55. The summed E-state index contributed by atoms with van der Waals surface area (Å²) in [5.41, 5.74) is 1.53. The standard InChI is InChI=1S/C22H29N3O3S2/c1-3-17-6-4-5-13-25(17)30(27,28)18-10-8-16(9-11-18)21(26)24-22-23-19-12-7-15(2)14-20(19)29-22/h8-11,15,17H,3-7,12-14H2,1-2H3,(H,23,24,26)/t15-,17-/m1/s1. The smallest absolute Gasteiger partial charge is 0.257 e. The zero-order valence-electron chi connectivity index (χ0n) is 17.6. The van der Waals surface area contributed by atoms with E-state index in [1.807, 2.05) is 6.92 Å². The minimum atomic E-state index is -3.54. The molecule has 1 aliphatic carbocycles. The summed E-state index contributed by atoms with van der Waals surface area (Å²) in [4.78, 5) is 18.7. The highest BCUT2D eigenvalue weighted by molar-refractivity contribution is 7.89. The van der Waals surface area contributed by atoms with Crippen LogP contribution >= 0.6 is 11.3 Å². The molecule has 4 rings (SSSR count). The lowest BCUT2D eigenvalue weighted by Crippen LogP contribution is -2.43. The van der Waals surface area contributed by atoms with Crippen molar-refractivity contribution in [3.8, 4) is 0 Å². The Balaban J connectivity index is 1.47. The van der Waals surface area contributed by atoms with Crippen LogP contribution in [0.5, 0.6) is 0 Å². The number of anilines is 1. The third kappa shape index (κ3) is 4.31. The van der Waals surface area contributed by atoms with Crippen LogP contribution in [0.2, 0.25) is 0 Å². The summed E-state index contributed by atoms with van der Waals surface area (Å²) in [6.07, 6.45) is 6.81. The highest BCUT2D eigenvalue weighted by Gasteiger charge is 2.32. The highest BCUT2D eigenvalue weighted by atomic mass is 32.2. The van der Waals surface area contributed by atoms with Crippen LogP contribution in [-0.4, -0.2) is 36.2 Å². The predicted octanol–water partition coefficient (Wildman–Crippen LogP) is 4.47. The summed E-state index contributed by atoms with van der Waals surface area (Å²) in [7, 11) is -3.54. The molecule has 2 aromatic rings. The molecule has 1 amide bonds. The molecular formula is C22H29N3O3S2. The third-order valence-corrected chi connectivity index (χ3v) is 9.18. The van der Waals surface area contributed by atoms with Gasteiger partial charge < -0.3 is 0 Å². The van der Waals surface area contributed by atoms with Crippen molar-refractivity contribution in [1.29, 1.82) is 0 Å². The molecule has 0 saturated carbocycles. The lowest BCUT2D eigenvalue weighted by atomic mass is 9.93. The molecule has 162 valence electrons. The number of carbonyl (C=O) groups excluding carboxylic acids is 1. The molecule has 8 heteroatoms. The maximum absolute atomic E-state index is 13.1. The van der Waals surface area contributed by atoms with Crippen LogP contribution < -0.4 is 5.32 Å². The second-order valence-electron chi connectivity index (χ2n) is 8.39. The van der Waals surface area contributed by atoms with Crippen molar-refractivity contribution in [3.63, 3.8) is 0 Å². The fourth-order valence-electron chi connectivity index (χ4n) is 4.37. The Bertz CT molecular complexity index is 1010. The lowest BCUT2D eigenvalue weighted by Gasteiger charge is -2.34. The largest absolute Gasteiger partial charge is 0.298 e. The maximum atomic E-state index is 13.1. The number of fused-ring (bicyclic) bond motifs is 1. The molecule has 1 aromatic carbocycles. The minimum absolute atomic E-state index is 0.0605. The Kier molecular flexibility index (Phi) is 6.27. The van der Waals surface area contributed by atoms with Crippen molar-refractivity contribution in [2.24, 2.45) is 5.92 Å². The van der Waals surface area contributed by atoms with Crippen LogP contribution in [0.3, 0.4) is 0 Å². The number of amides is 1. The van der Waals surface area contributed by atoms with Crippen molar-refractivity contribution in [2.75, 3.05) is 11.9 Å². The van der Waals surface area contributed by atoms with Gasteiger partial charge in [0.2, 0.25) is 10.0 Å². The van der Waals surface area contributed by atoms with Gasteiger partial charge >= 0.3 is 0 Å². The zero-order valence-corrected chi connectivity index (χ0v) is 19.2. The summed E-state index contributed by atoms with van der Waals surface area (Å²) in [5.74, 6) is 0.394. The van der Waals surface area contributed by atoms with Crippen LogP contribution in [0.15, 0.2) is 29.2 Å². The number of aromatic nitrogens is 1. The first-order chi connectivity index (χ1) is 14.4. The van der Waals surface area contributed by atoms with Crippen LogP contribution in [0.4, 0.5) is 5.13 Å². The van der Waals surface area contributed by atoms with E-state index in [-0.39, 0.29) is 16.8 Å². The molecule has 1 saturated heterocycles. The Morgan fingerprint density at radius 3 is 2.73 bits per heavy atom. The molecule has 1 aromatic heterocycles. The van der Waals surface area contributed by atoms with Crippen LogP contribution in [0.25, 0.3) is 0 Å². The van der Waals surface area contributed by atoms with Crippen LogP contribution in [0.1, 0.15) is 66.9 Å². The van der Waals surface area contributed by atoms with E-state index in [4.69, 9.17) is 0 Å². The fraction of sp³-hybridized carbons (Fsp3) is 0.545. The van der Waals surface area contributed by atoms with E-state index in [0.717, 1.165) is 50.6 Å². The van der Waals surface area contributed by atoms with Crippen LogP contribution in [-0.2, 0) is 22.9 Å². The average Bonchev–Trinajstić information content (AvgIpc) is 3.15. The Morgan fingerprint density at radius 1 is 1.23 bits per heavy atom. The predicted molar refractivity (Wildman–Crippen MR) is 120 cm³/mol.